The summed E-state index contributed by atoms with van der Waals surface area (Å²) in [6, 6.07) is 23.8. The Morgan fingerprint density at radius 3 is 2.49 bits per heavy atom. The van der Waals surface area contributed by atoms with Crippen LogP contribution in [0.4, 0.5) is 11.4 Å². The van der Waals surface area contributed by atoms with E-state index in [1.165, 1.54) is 28.6 Å². The van der Waals surface area contributed by atoms with Crippen molar-refractivity contribution in [3.63, 3.8) is 0 Å². The van der Waals surface area contributed by atoms with Gasteiger partial charge in [0.25, 0.3) is 5.91 Å². The van der Waals surface area contributed by atoms with Crippen LogP contribution in [-0.4, -0.2) is 111 Å². The van der Waals surface area contributed by atoms with Crippen molar-refractivity contribution in [1.29, 1.82) is 0 Å². The lowest BCUT2D eigenvalue weighted by molar-refractivity contribution is -0.769. The number of benzene rings is 3. The lowest BCUT2D eigenvalue weighted by Crippen LogP contribution is -2.64. The van der Waals surface area contributed by atoms with Crippen molar-refractivity contribution in [3.8, 4) is 11.5 Å². The molecule has 2 aromatic heterocycles. The van der Waals surface area contributed by atoms with Gasteiger partial charge < -0.3 is 34.5 Å². The Bertz CT molecular complexity index is 2500. The summed E-state index contributed by atoms with van der Waals surface area (Å²) in [4.78, 5) is 59.2. The molecule has 3 aromatic carbocycles. The largest absolute Gasteiger partial charge is 0.455 e. The summed E-state index contributed by atoms with van der Waals surface area (Å²) >= 11 is 0. The molecule has 2 saturated heterocycles. The quantitative estimate of drug-likeness (QED) is 0.0951. The van der Waals surface area contributed by atoms with Gasteiger partial charge in [-0.3, -0.25) is 14.5 Å². The third-order valence-electron chi connectivity index (χ3n) is 12.2. The average molecular weight is 880 g/mol. The van der Waals surface area contributed by atoms with Crippen molar-refractivity contribution in [2.45, 2.75) is 50.6 Å². The van der Waals surface area contributed by atoms with E-state index in [-0.39, 0.29) is 40.8 Å². The van der Waals surface area contributed by atoms with Crippen molar-refractivity contribution < 1.29 is 37.7 Å². The van der Waals surface area contributed by atoms with E-state index in [1.54, 1.807) is 30.6 Å². The molecule has 3 aliphatic rings. The van der Waals surface area contributed by atoms with Gasteiger partial charge in [-0.1, -0.05) is 38.1 Å². The fourth-order valence-electron chi connectivity index (χ4n) is 8.69. The molecule has 3 N–H and O–H groups in total. The number of piperazine rings is 1. The van der Waals surface area contributed by atoms with Crippen LogP contribution in [0.15, 0.2) is 96.2 Å². The van der Waals surface area contributed by atoms with Gasteiger partial charge in [0.05, 0.1) is 21.6 Å². The summed E-state index contributed by atoms with van der Waals surface area (Å²) in [6.07, 6.45) is 5.93. The Morgan fingerprint density at radius 1 is 0.984 bits per heavy atom. The zero-order valence-corrected chi connectivity index (χ0v) is 36.5. The van der Waals surface area contributed by atoms with Gasteiger partial charge in [0, 0.05) is 100 Å². The molecule has 0 unspecified atom stereocenters. The van der Waals surface area contributed by atoms with Crippen LogP contribution in [0.2, 0.25) is 0 Å². The molecule has 0 radical (unpaired) electrons. The molecule has 0 aliphatic carbocycles. The van der Waals surface area contributed by atoms with Crippen LogP contribution in [0.1, 0.15) is 48.2 Å². The number of sulfone groups is 1. The molecular formula is C46H55N8O8S+. The topological polar surface area (TPSA) is 181 Å². The van der Waals surface area contributed by atoms with Gasteiger partial charge in [0.15, 0.2) is 9.84 Å². The molecule has 2 fully saturated rings. The van der Waals surface area contributed by atoms with Gasteiger partial charge >= 0.3 is 0 Å². The Labute approximate surface area is 367 Å². The first-order valence-corrected chi connectivity index (χ1v) is 23.2. The van der Waals surface area contributed by atoms with Crippen LogP contribution in [-0.2, 0) is 37.2 Å². The predicted molar refractivity (Wildman–Crippen MR) is 238 cm³/mol. The van der Waals surface area contributed by atoms with Crippen LogP contribution in [0.5, 0.6) is 11.5 Å². The van der Waals surface area contributed by atoms with E-state index in [0.717, 1.165) is 63.1 Å². The molecule has 0 bridgehead atoms. The average Bonchev–Trinajstić information content (AvgIpc) is 3.78. The predicted octanol–water partition coefficient (Wildman–Crippen LogP) is 4.22. The molecule has 1 atom stereocenters. The van der Waals surface area contributed by atoms with Gasteiger partial charge in [-0.15, -0.1) is 0 Å². The van der Waals surface area contributed by atoms with E-state index >= 15 is 0 Å². The number of carbonyl (C=O) groups is 2. The first-order valence-electron chi connectivity index (χ1n) is 21.6. The van der Waals surface area contributed by atoms with Gasteiger partial charge in [-0.2, -0.15) is 0 Å². The molecule has 17 heteroatoms. The summed E-state index contributed by atoms with van der Waals surface area (Å²) in [5, 5.41) is 4.92. The smallest absolute Gasteiger partial charge is 0.255 e. The second kappa shape index (κ2) is 19.6. The highest BCUT2D eigenvalue weighted by Gasteiger charge is 2.33. The maximum absolute atomic E-state index is 13.9. The van der Waals surface area contributed by atoms with E-state index in [4.69, 9.17) is 14.3 Å². The Kier molecular flexibility index (Phi) is 13.5. The summed E-state index contributed by atoms with van der Waals surface area (Å²) in [7, 11) is -3.96. The number of hydrogen-bond donors (Lipinski definition) is 3. The molecular weight excluding hydrogens is 825 g/mol. The standard InChI is InChI=1S/C46H54N8O8S/c1-32(2)46(56)54-28-36-6-4-3-5-34(36)23-39(54)29-51-17-19-52(20-18-51)38-9-12-42(43(25-38)62-40-24-35-13-16-47-44(35)48-26-40)45(55)49-30-63(58,59)41-10-7-37(8-11-41)53(31-61-50-57)27-33-14-21-60-22-15-33/h3-13,16,24-26,32-33,39,50H,14-15,17-23,27-31H2,1-2H3,(H-,47,48,49,55)/p+1/t39-/m1/s1. The minimum absolute atomic E-state index is 0.0195. The highest BCUT2D eigenvalue weighted by Crippen LogP contribution is 2.33. The molecule has 63 heavy (non-hydrogen) atoms. The number of carbonyl (C=O) groups excluding carboxylic acids is 2. The van der Waals surface area contributed by atoms with Crippen molar-refractivity contribution in [2.24, 2.45) is 11.8 Å². The number of ether oxygens (including phenoxy) is 2. The molecule has 0 saturated carbocycles. The number of anilines is 2. The zero-order chi connectivity index (χ0) is 43.9. The van der Waals surface area contributed by atoms with Crippen LogP contribution in [0.3, 0.4) is 0 Å². The molecule has 5 heterocycles. The summed E-state index contributed by atoms with van der Waals surface area (Å²) in [5.74, 6) is -0.159. The van der Waals surface area contributed by atoms with Crippen LogP contribution in [0, 0.1) is 16.7 Å². The highest BCUT2D eigenvalue weighted by molar-refractivity contribution is 7.91. The number of aromatic nitrogens is 2. The van der Waals surface area contributed by atoms with Crippen LogP contribution < -0.4 is 25.2 Å². The molecule has 0 spiro atoms. The van der Waals surface area contributed by atoms with E-state index < -0.39 is 21.6 Å². The second-order valence-electron chi connectivity index (χ2n) is 16.8. The van der Waals surface area contributed by atoms with Crippen molar-refractivity contribution in [1.82, 2.24) is 25.1 Å². The molecule has 3 aliphatic heterocycles. The Morgan fingerprint density at radius 2 is 1.75 bits per heavy atom. The van der Waals surface area contributed by atoms with Crippen LogP contribution in [0.25, 0.3) is 11.0 Å². The first kappa shape index (κ1) is 43.6. The highest BCUT2D eigenvalue weighted by atomic mass is 32.2. The lowest BCUT2D eigenvalue weighted by Gasteiger charge is -2.43. The summed E-state index contributed by atoms with van der Waals surface area (Å²) in [6.45, 7) is 10.2. The minimum Gasteiger partial charge on any atom is -0.455 e. The van der Waals surface area contributed by atoms with Gasteiger partial charge in [-0.05, 0) is 84.8 Å². The number of pyridine rings is 1. The minimum atomic E-state index is -3.96. The Balaban J connectivity index is 0.950. The maximum atomic E-state index is 13.9. The second-order valence-corrected chi connectivity index (χ2v) is 18.8. The van der Waals surface area contributed by atoms with Crippen molar-refractivity contribution in [3.05, 3.63) is 113 Å². The SMILES string of the molecule is CC(C)C(=O)N1Cc2ccccc2C[C@@H]1CN1CCN(c2ccc(C(=O)NCS(=O)(=O)c3ccc(N(CO[NH+]=O)CC4CCOCC4)cc3)c(Oc3cnc4[nH]ccc4c3)c2)CC1. The normalized spacial score (nSPS) is 17.3. The van der Waals surface area contributed by atoms with Gasteiger partial charge in [0.2, 0.25) is 18.0 Å². The third-order valence-corrected chi connectivity index (χ3v) is 13.7. The van der Waals surface area contributed by atoms with Gasteiger partial charge in [-0.25, -0.2) is 18.2 Å². The fraction of sp³-hybridized carbons (Fsp3) is 0.413. The molecule has 16 nitrogen and oxygen atoms in total. The third kappa shape index (κ3) is 10.4. The van der Waals surface area contributed by atoms with E-state index in [0.29, 0.717) is 49.3 Å². The zero-order valence-electron chi connectivity index (χ0n) is 35.7. The van der Waals surface area contributed by atoms with E-state index in [1.807, 2.05) is 49.1 Å². The van der Waals surface area contributed by atoms with Crippen molar-refractivity contribution >= 4 is 44.1 Å². The molecule has 8 rings (SSSR count). The van der Waals surface area contributed by atoms with E-state index in [9.17, 15) is 22.9 Å². The number of H-pyrrole nitrogens is 1. The van der Waals surface area contributed by atoms with E-state index in [2.05, 4.69) is 48.2 Å². The summed E-state index contributed by atoms with van der Waals surface area (Å²) in [5.41, 5.74) is 4.92. The molecule has 2 amide bonds. The summed E-state index contributed by atoms with van der Waals surface area (Å²) < 4.78 is 39.0. The van der Waals surface area contributed by atoms with Crippen molar-refractivity contribution in [2.75, 3.05) is 74.9 Å². The number of amides is 2. The Hall–Kier alpha value is -6.04. The lowest BCUT2D eigenvalue weighted by atomic mass is 9.92. The molecule has 332 valence electrons. The number of nitrogens with zero attached hydrogens (tertiary/aromatic N) is 5. The first-order chi connectivity index (χ1) is 30.5. The number of rotatable bonds is 16. The molecule has 5 aromatic rings. The van der Waals surface area contributed by atoms with Crippen LogP contribution >= 0.6 is 0 Å². The fourth-order valence-corrected chi connectivity index (χ4v) is 9.73. The van der Waals surface area contributed by atoms with Gasteiger partial charge in [0.1, 0.15) is 23.0 Å². The maximum Gasteiger partial charge on any atom is 0.255 e. The monoisotopic (exact) mass is 879 g/mol. The number of nitrogens with one attached hydrogen (secondary N) is 3. The number of aromatic amines is 1. The number of fused-ring (bicyclic) bond motifs is 2. The number of hydrogen-bond acceptors (Lipinski definition) is 12.